The zero-order valence-electron chi connectivity index (χ0n) is 10.9. The van der Waals surface area contributed by atoms with Gasteiger partial charge in [0.05, 0.1) is 7.11 Å². The molecule has 1 heterocycles. The monoisotopic (exact) mass is 269 g/mol. The van der Waals surface area contributed by atoms with Crippen LogP contribution in [0.4, 0.5) is 0 Å². The van der Waals surface area contributed by atoms with Gasteiger partial charge in [-0.3, -0.25) is 0 Å². The normalized spacial score (nSPS) is 10.8. The molecule has 1 aromatic heterocycles. The molecule has 0 radical (unpaired) electrons. The molecule has 0 saturated carbocycles. The summed E-state index contributed by atoms with van der Waals surface area (Å²) < 4.78 is 5.17. The number of aromatic amines is 1. The first-order valence-electron chi connectivity index (χ1n) is 6.16. The zero-order chi connectivity index (χ0) is 13.2. The summed E-state index contributed by atoms with van der Waals surface area (Å²) in [6.45, 7) is 2.12. The lowest BCUT2D eigenvalue weighted by Crippen LogP contribution is -1.81. The van der Waals surface area contributed by atoms with Gasteiger partial charge in [-0.05, 0) is 43.3 Å². The summed E-state index contributed by atoms with van der Waals surface area (Å²) >= 11 is 1.76. The van der Waals surface area contributed by atoms with Gasteiger partial charge in [0, 0.05) is 26.9 Å². The van der Waals surface area contributed by atoms with E-state index >= 15 is 0 Å². The minimum atomic E-state index is 0.888. The van der Waals surface area contributed by atoms with Crippen molar-refractivity contribution in [2.24, 2.45) is 0 Å². The number of benzene rings is 2. The van der Waals surface area contributed by atoms with Crippen LogP contribution in [-0.4, -0.2) is 12.1 Å². The number of hydrogen-bond donors (Lipinski definition) is 1. The summed E-state index contributed by atoms with van der Waals surface area (Å²) in [6, 6.07) is 14.6. The maximum Gasteiger partial charge on any atom is 0.118 e. The molecule has 0 unspecified atom stereocenters. The smallest absolute Gasteiger partial charge is 0.118 e. The fraction of sp³-hybridized carbons (Fsp3) is 0.125. The third kappa shape index (κ3) is 2.47. The van der Waals surface area contributed by atoms with Crippen LogP contribution in [0.1, 0.15) is 5.56 Å². The summed E-state index contributed by atoms with van der Waals surface area (Å²) in [5.74, 6) is 0.888. The molecule has 0 fully saturated rings. The zero-order valence-corrected chi connectivity index (χ0v) is 11.8. The fourth-order valence-electron chi connectivity index (χ4n) is 2.06. The van der Waals surface area contributed by atoms with Crippen molar-refractivity contribution in [3.05, 3.63) is 54.2 Å². The van der Waals surface area contributed by atoms with Crippen molar-refractivity contribution in [1.82, 2.24) is 4.98 Å². The van der Waals surface area contributed by atoms with E-state index in [1.54, 1.807) is 18.9 Å². The Kier molecular flexibility index (Phi) is 3.22. The number of methoxy groups -OCH3 is 1. The summed E-state index contributed by atoms with van der Waals surface area (Å²) in [6.07, 6.45) is 2.07. The Morgan fingerprint density at radius 3 is 2.58 bits per heavy atom. The number of rotatable bonds is 3. The highest BCUT2D eigenvalue weighted by atomic mass is 32.2. The Morgan fingerprint density at radius 2 is 1.84 bits per heavy atom. The van der Waals surface area contributed by atoms with Gasteiger partial charge in [-0.15, -0.1) is 0 Å². The van der Waals surface area contributed by atoms with Crippen molar-refractivity contribution in [2.75, 3.05) is 7.11 Å². The molecule has 0 saturated heterocycles. The molecule has 3 rings (SSSR count). The lowest BCUT2D eigenvalue weighted by atomic mass is 10.2. The maximum absolute atomic E-state index is 5.17. The van der Waals surface area contributed by atoms with Crippen molar-refractivity contribution >= 4 is 22.7 Å². The van der Waals surface area contributed by atoms with Crippen molar-refractivity contribution in [2.45, 2.75) is 16.7 Å². The van der Waals surface area contributed by atoms with Gasteiger partial charge >= 0.3 is 0 Å². The van der Waals surface area contributed by atoms with E-state index in [0.29, 0.717) is 0 Å². The quantitative estimate of drug-likeness (QED) is 0.749. The Hall–Kier alpha value is -1.87. The largest absolute Gasteiger partial charge is 0.497 e. The Morgan fingerprint density at radius 1 is 1.05 bits per heavy atom. The van der Waals surface area contributed by atoms with Gasteiger partial charge in [-0.2, -0.15) is 0 Å². The van der Waals surface area contributed by atoms with E-state index < -0.39 is 0 Å². The molecule has 0 amide bonds. The van der Waals surface area contributed by atoms with Crippen LogP contribution in [0.2, 0.25) is 0 Å². The number of fused-ring (bicyclic) bond motifs is 1. The molecule has 0 bridgehead atoms. The minimum absolute atomic E-state index is 0.888. The summed E-state index contributed by atoms with van der Waals surface area (Å²) in [4.78, 5) is 5.78. The van der Waals surface area contributed by atoms with Crippen LogP contribution >= 0.6 is 11.8 Å². The first-order chi connectivity index (χ1) is 9.26. The van der Waals surface area contributed by atoms with Crippen LogP contribution in [-0.2, 0) is 0 Å². The molecular formula is C16H15NOS. The number of ether oxygens (including phenoxy) is 1. The lowest BCUT2D eigenvalue weighted by Gasteiger charge is -2.03. The lowest BCUT2D eigenvalue weighted by molar-refractivity contribution is 0.414. The highest BCUT2D eigenvalue weighted by Crippen LogP contribution is 2.34. The van der Waals surface area contributed by atoms with Gasteiger partial charge in [0.1, 0.15) is 5.75 Å². The SMILES string of the molecule is COc1ccc(Sc2c[nH]c3ccc(C)cc23)cc1. The minimum Gasteiger partial charge on any atom is -0.497 e. The van der Waals surface area contributed by atoms with Crippen molar-refractivity contribution in [3.8, 4) is 5.75 Å². The molecule has 19 heavy (non-hydrogen) atoms. The molecule has 0 atom stereocenters. The highest BCUT2D eigenvalue weighted by molar-refractivity contribution is 7.99. The predicted molar refractivity (Wildman–Crippen MR) is 80.2 cm³/mol. The second-order valence-corrected chi connectivity index (χ2v) is 5.59. The maximum atomic E-state index is 5.17. The number of nitrogens with one attached hydrogen (secondary N) is 1. The average molecular weight is 269 g/mol. The van der Waals surface area contributed by atoms with Gasteiger partial charge in [-0.25, -0.2) is 0 Å². The third-order valence-corrected chi connectivity index (χ3v) is 4.15. The van der Waals surface area contributed by atoms with Gasteiger partial charge in [0.2, 0.25) is 0 Å². The van der Waals surface area contributed by atoms with Gasteiger partial charge in [0.15, 0.2) is 0 Å². The number of aryl methyl sites for hydroxylation is 1. The fourth-order valence-corrected chi connectivity index (χ4v) is 2.99. The molecular weight excluding hydrogens is 254 g/mol. The Labute approximate surface area is 116 Å². The molecule has 0 aliphatic carbocycles. The number of aromatic nitrogens is 1. The van der Waals surface area contributed by atoms with E-state index in [4.69, 9.17) is 4.74 Å². The average Bonchev–Trinajstić information content (AvgIpc) is 2.82. The van der Waals surface area contributed by atoms with Crippen LogP contribution in [0.15, 0.2) is 58.5 Å². The van der Waals surface area contributed by atoms with E-state index in [-0.39, 0.29) is 0 Å². The van der Waals surface area contributed by atoms with Crippen molar-refractivity contribution < 1.29 is 4.74 Å². The van der Waals surface area contributed by atoms with Crippen LogP contribution in [0.25, 0.3) is 10.9 Å². The summed E-state index contributed by atoms with van der Waals surface area (Å²) in [5.41, 5.74) is 2.46. The topological polar surface area (TPSA) is 25.0 Å². The molecule has 2 nitrogen and oxygen atoms in total. The molecule has 0 aliphatic heterocycles. The first-order valence-corrected chi connectivity index (χ1v) is 6.97. The van der Waals surface area contributed by atoms with Crippen molar-refractivity contribution in [1.29, 1.82) is 0 Å². The molecule has 96 valence electrons. The van der Waals surface area contributed by atoms with E-state index in [2.05, 4.69) is 48.4 Å². The molecule has 1 N–H and O–H groups in total. The van der Waals surface area contributed by atoms with Gasteiger partial charge < -0.3 is 9.72 Å². The molecule has 0 spiro atoms. The van der Waals surface area contributed by atoms with E-state index in [9.17, 15) is 0 Å². The second-order valence-electron chi connectivity index (χ2n) is 4.48. The highest BCUT2D eigenvalue weighted by Gasteiger charge is 2.05. The van der Waals surface area contributed by atoms with E-state index in [0.717, 1.165) is 5.75 Å². The predicted octanol–water partition coefficient (Wildman–Crippen LogP) is 4.64. The number of H-pyrrole nitrogens is 1. The molecule has 3 aromatic rings. The van der Waals surface area contributed by atoms with Crippen LogP contribution in [0.3, 0.4) is 0 Å². The van der Waals surface area contributed by atoms with Crippen LogP contribution < -0.4 is 4.74 Å². The standard InChI is InChI=1S/C16H15NOS/c1-11-3-8-15-14(9-11)16(10-17-15)19-13-6-4-12(18-2)5-7-13/h3-10,17H,1-2H3. The molecule has 2 aromatic carbocycles. The van der Waals surface area contributed by atoms with Crippen LogP contribution in [0, 0.1) is 6.92 Å². The van der Waals surface area contributed by atoms with E-state index in [1.807, 2.05) is 12.1 Å². The molecule has 0 aliphatic rings. The van der Waals surface area contributed by atoms with Gasteiger partial charge in [0.25, 0.3) is 0 Å². The Bertz CT molecular complexity index is 700. The van der Waals surface area contributed by atoms with Crippen LogP contribution in [0.5, 0.6) is 5.75 Å². The molecule has 3 heteroatoms. The first kappa shape index (κ1) is 12.2. The summed E-state index contributed by atoms with van der Waals surface area (Å²) in [5, 5.41) is 1.28. The summed E-state index contributed by atoms with van der Waals surface area (Å²) in [7, 11) is 1.69. The van der Waals surface area contributed by atoms with Gasteiger partial charge in [-0.1, -0.05) is 23.4 Å². The second kappa shape index (κ2) is 5.02. The number of hydrogen-bond acceptors (Lipinski definition) is 2. The van der Waals surface area contributed by atoms with E-state index in [1.165, 1.54) is 26.3 Å². The Balaban J connectivity index is 1.93. The van der Waals surface area contributed by atoms with Crippen molar-refractivity contribution in [3.63, 3.8) is 0 Å². The third-order valence-electron chi connectivity index (χ3n) is 3.09.